The average molecular weight is 453 g/mol. The lowest BCUT2D eigenvalue weighted by Crippen LogP contribution is -2.35. The van der Waals surface area contributed by atoms with Gasteiger partial charge >= 0.3 is 6.03 Å². The van der Waals surface area contributed by atoms with Gasteiger partial charge in [-0.05, 0) is 48.0 Å². The molecular weight excluding hydrogens is 432 g/mol. The van der Waals surface area contributed by atoms with E-state index in [2.05, 4.69) is 31.5 Å². The van der Waals surface area contributed by atoms with Gasteiger partial charge in [0.25, 0.3) is 5.91 Å². The molecule has 1 aliphatic heterocycles. The third-order valence-corrected chi connectivity index (χ3v) is 5.75. The summed E-state index contributed by atoms with van der Waals surface area (Å²) in [4.78, 5) is 32.1. The van der Waals surface area contributed by atoms with E-state index >= 15 is 0 Å². The maximum atomic E-state index is 12.9. The summed E-state index contributed by atoms with van der Waals surface area (Å²) < 4.78 is 5.96. The van der Waals surface area contributed by atoms with Crippen molar-refractivity contribution in [2.75, 3.05) is 19.0 Å². The van der Waals surface area contributed by atoms with Crippen LogP contribution >= 0.6 is 27.3 Å². The molecule has 0 saturated carbocycles. The fourth-order valence-corrected chi connectivity index (χ4v) is 4.22. The number of benzene rings is 1. The highest BCUT2D eigenvalue weighted by Gasteiger charge is 2.26. The molecule has 144 valence electrons. The maximum Gasteiger partial charge on any atom is 0.321 e. The molecule has 27 heavy (non-hydrogen) atoms. The molecule has 0 fully saturated rings. The fourth-order valence-electron chi connectivity index (χ4n) is 2.78. The van der Waals surface area contributed by atoms with Crippen molar-refractivity contribution < 1.29 is 14.3 Å². The first kappa shape index (κ1) is 19.6. The predicted molar refractivity (Wildman–Crippen MR) is 109 cm³/mol. The van der Waals surface area contributed by atoms with Gasteiger partial charge < -0.3 is 15.0 Å². The van der Waals surface area contributed by atoms with Gasteiger partial charge in [-0.15, -0.1) is 0 Å². The standard InChI is InChI=1S/C18H21BrN4O3S/c1-10(2)20-17(25)22-18-21-14-6-7-23(9-15(14)27-18)16(24)12-8-11(26-3)4-5-13(12)19/h4-5,8,10H,6-7,9H2,1-3H3,(H2,20,21,22,25). The van der Waals surface area contributed by atoms with Crippen molar-refractivity contribution in [3.8, 4) is 5.75 Å². The van der Waals surface area contributed by atoms with E-state index in [-0.39, 0.29) is 18.0 Å². The highest BCUT2D eigenvalue weighted by molar-refractivity contribution is 9.10. The number of nitrogens with one attached hydrogen (secondary N) is 2. The quantitative estimate of drug-likeness (QED) is 0.741. The summed E-state index contributed by atoms with van der Waals surface area (Å²) in [5.74, 6) is 0.576. The van der Waals surface area contributed by atoms with Gasteiger partial charge in [-0.3, -0.25) is 10.1 Å². The molecule has 7 nitrogen and oxygen atoms in total. The Morgan fingerprint density at radius 1 is 1.37 bits per heavy atom. The Kier molecular flexibility index (Phi) is 6.01. The SMILES string of the molecule is COc1ccc(Br)c(C(=O)N2CCc3nc(NC(=O)NC(C)C)sc3C2)c1. The normalized spacial score (nSPS) is 13.3. The number of aromatic nitrogens is 1. The number of hydrogen-bond acceptors (Lipinski definition) is 5. The smallest absolute Gasteiger partial charge is 0.321 e. The van der Waals surface area contributed by atoms with Gasteiger partial charge in [0.2, 0.25) is 0 Å². The summed E-state index contributed by atoms with van der Waals surface area (Å²) in [5, 5.41) is 6.08. The molecule has 0 aliphatic carbocycles. The Hall–Kier alpha value is -2.13. The van der Waals surface area contributed by atoms with Gasteiger partial charge in [0, 0.05) is 28.4 Å². The van der Waals surface area contributed by atoms with Gasteiger partial charge in [-0.1, -0.05) is 11.3 Å². The number of carbonyl (C=O) groups excluding carboxylic acids is 2. The monoisotopic (exact) mass is 452 g/mol. The highest BCUT2D eigenvalue weighted by Crippen LogP contribution is 2.30. The van der Waals surface area contributed by atoms with Crippen LogP contribution in [0.2, 0.25) is 0 Å². The summed E-state index contributed by atoms with van der Waals surface area (Å²) in [6.45, 7) is 4.85. The van der Waals surface area contributed by atoms with E-state index in [0.29, 0.717) is 36.0 Å². The van der Waals surface area contributed by atoms with Crippen LogP contribution in [0.3, 0.4) is 0 Å². The van der Waals surface area contributed by atoms with Crippen LogP contribution in [0, 0.1) is 0 Å². The molecule has 1 aliphatic rings. The summed E-state index contributed by atoms with van der Waals surface area (Å²) in [7, 11) is 1.58. The summed E-state index contributed by atoms with van der Waals surface area (Å²) >= 11 is 4.85. The van der Waals surface area contributed by atoms with Crippen molar-refractivity contribution in [2.24, 2.45) is 0 Å². The van der Waals surface area contributed by atoms with Crippen LogP contribution in [0.25, 0.3) is 0 Å². The zero-order valence-corrected chi connectivity index (χ0v) is 17.7. The van der Waals surface area contributed by atoms with Crippen LogP contribution in [-0.2, 0) is 13.0 Å². The lowest BCUT2D eigenvalue weighted by molar-refractivity contribution is 0.0735. The number of anilines is 1. The second-order valence-corrected chi connectivity index (χ2v) is 8.40. The summed E-state index contributed by atoms with van der Waals surface area (Å²) in [6.07, 6.45) is 0.659. The van der Waals surface area contributed by atoms with Crippen molar-refractivity contribution in [1.82, 2.24) is 15.2 Å². The first-order chi connectivity index (χ1) is 12.9. The number of halogens is 1. The molecule has 1 aromatic heterocycles. The van der Waals surface area contributed by atoms with Crippen LogP contribution in [0.1, 0.15) is 34.8 Å². The molecule has 2 aromatic rings. The van der Waals surface area contributed by atoms with E-state index < -0.39 is 0 Å². The number of carbonyl (C=O) groups is 2. The van der Waals surface area contributed by atoms with Gasteiger partial charge in [-0.25, -0.2) is 9.78 Å². The molecule has 9 heteroatoms. The lowest BCUT2D eigenvalue weighted by atomic mass is 10.1. The number of thiazole rings is 1. The number of fused-ring (bicyclic) bond motifs is 1. The fraction of sp³-hybridized carbons (Fsp3) is 0.389. The zero-order chi connectivity index (χ0) is 19.6. The summed E-state index contributed by atoms with van der Waals surface area (Å²) in [6, 6.07) is 5.12. The predicted octanol–water partition coefficient (Wildman–Crippen LogP) is 3.64. The third kappa shape index (κ3) is 4.59. The number of ether oxygens (including phenoxy) is 1. The summed E-state index contributed by atoms with van der Waals surface area (Å²) in [5.41, 5.74) is 1.51. The molecule has 0 radical (unpaired) electrons. The van der Waals surface area contributed by atoms with E-state index in [4.69, 9.17) is 4.74 Å². The van der Waals surface area contributed by atoms with Gasteiger partial charge in [-0.2, -0.15) is 0 Å². The van der Waals surface area contributed by atoms with E-state index in [1.54, 1.807) is 24.1 Å². The molecule has 1 aromatic carbocycles. The van der Waals surface area contributed by atoms with Gasteiger partial charge in [0.05, 0.1) is 24.9 Å². The lowest BCUT2D eigenvalue weighted by Gasteiger charge is -2.26. The minimum atomic E-state index is -0.274. The largest absolute Gasteiger partial charge is 0.497 e. The van der Waals surface area contributed by atoms with Crippen LogP contribution < -0.4 is 15.4 Å². The second kappa shape index (κ2) is 8.26. The minimum Gasteiger partial charge on any atom is -0.497 e. The Labute approximate surface area is 170 Å². The van der Waals surface area contributed by atoms with Crippen molar-refractivity contribution >= 4 is 44.3 Å². The van der Waals surface area contributed by atoms with Crippen molar-refractivity contribution in [3.05, 3.63) is 38.8 Å². The Morgan fingerprint density at radius 3 is 2.85 bits per heavy atom. The van der Waals surface area contributed by atoms with Gasteiger partial charge in [0.1, 0.15) is 5.75 Å². The number of methoxy groups -OCH3 is 1. The molecule has 2 N–H and O–H groups in total. The molecule has 0 saturated heterocycles. The first-order valence-electron chi connectivity index (χ1n) is 8.56. The number of hydrogen-bond donors (Lipinski definition) is 2. The molecular formula is C18H21BrN4O3S. The Bertz CT molecular complexity index is 868. The number of urea groups is 1. The van der Waals surface area contributed by atoms with Crippen molar-refractivity contribution in [2.45, 2.75) is 32.9 Å². The van der Waals surface area contributed by atoms with E-state index in [1.807, 2.05) is 19.9 Å². The molecule has 3 rings (SSSR count). The average Bonchev–Trinajstić information content (AvgIpc) is 3.01. The number of amides is 3. The van der Waals surface area contributed by atoms with E-state index in [1.165, 1.54) is 11.3 Å². The van der Waals surface area contributed by atoms with Crippen molar-refractivity contribution in [3.63, 3.8) is 0 Å². The van der Waals surface area contributed by atoms with E-state index in [9.17, 15) is 9.59 Å². The van der Waals surface area contributed by atoms with E-state index in [0.717, 1.165) is 15.0 Å². The van der Waals surface area contributed by atoms with Gasteiger partial charge in [0.15, 0.2) is 5.13 Å². The molecule has 0 bridgehead atoms. The Balaban J connectivity index is 1.73. The molecule has 3 amide bonds. The first-order valence-corrected chi connectivity index (χ1v) is 10.2. The maximum absolute atomic E-state index is 12.9. The Morgan fingerprint density at radius 2 is 2.15 bits per heavy atom. The number of nitrogens with zero attached hydrogens (tertiary/aromatic N) is 2. The topological polar surface area (TPSA) is 83.6 Å². The molecule has 2 heterocycles. The molecule has 0 atom stereocenters. The highest BCUT2D eigenvalue weighted by atomic mass is 79.9. The molecule has 0 unspecified atom stereocenters. The third-order valence-electron chi connectivity index (χ3n) is 4.06. The second-order valence-electron chi connectivity index (χ2n) is 6.46. The molecule has 0 spiro atoms. The zero-order valence-electron chi connectivity index (χ0n) is 15.3. The van der Waals surface area contributed by atoms with Crippen molar-refractivity contribution in [1.29, 1.82) is 0 Å². The minimum absolute atomic E-state index is 0.0500. The van der Waals surface area contributed by atoms with Crippen LogP contribution in [-0.4, -0.2) is 41.5 Å². The van der Waals surface area contributed by atoms with Crippen LogP contribution in [0.5, 0.6) is 5.75 Å². The number of rotatable bonds is 4. The van der Waals surface area contributed by atoms with Crippen LogP contribution in [0.15, 0.2) is 22.7 Å². The van der Waals surface area contributed by atoms with Crippen LogP contribution in [0.4, 0.5) is 9.93 Å².